The monoisotopic (exact) mass is 339 g/mol. The van der Waals surface area contributed by atoms with Crippen LogP contribution in [0.3, 0.4) is 0 Å². The lowest BCUT2D eigenvalue weighted by Crippen LogP contribution is -2.25. The van der Waals surface area contributed by atoms with Crippen molar-refractivity contribution in [1.82, 2.24) is 15.1 Å². The summed E-state index contributed by atoms with van der Waals surface area (Å²) in [6, 6.07) is 3.57. The third-order valence-electron chi connectivity index (χ3n) is 4.05. The van der Waals surface area contributed by atoms with Gasteiger partial charge in [0, 0.05) is 24.9 Å². The summed E-state index contributed by atoms with van der Waals surface area (Å²) in [4.78, 5) is 0. The lowest BCUT2D eigenvalue weighted by Gasteiger charge is -2.19. The highest BCUT2D eigenvalue weighted by Crippen LogP contribution is 2.19. The molecule has 1 aromatic carbocycles. The number of nitrogens with zero attached hydrogens (tertiary/aromatic N) is 2. The van der Waals surface area contributed by atoms with E-state index >= 15 is 0 Å². The van der Waals surface area contributed by atoms with Crippen LogP contribution in [0.1, 0.15) is 28.6 Å². The average molecular weight is 339 g/mol. The van der Waals surface area contributed by atoms with Crippen LogP contribution in [0.15, 0.2) is 18.2 Å². The lowest BCUT2D eigenvalue weighted by molar-refractivity contribution is 0.166. The van der Waals surface area contributed by atoms with Gasteiger partial charge < -0.3 is 15.2 Å². The van der Waals surface area contributed by atoms with Gasteiger partial charge in [-0.25, -0.2) is 8.78 Å². The number of nitrogens with one attached hydrogen (secondary N) is 1. The van der Waals surface area contributed by atoms with Gasteiger partial charge in [-0.2, -0.15) is 5.10 Å². The van der Waals surface area contributed by atoms with Crippen molar-refractivity contribution in [2.24, 2.45) is 0 Å². The molecule has 24 heavy (non-hydrogen) atoms. The van der Waals surface area contributed by atoms with Crippen LogP contribution in [-0.2, 0) is 17.8 Å². The molecule has 0 aliphatic rings. The fourth-order valence-corrected chi connectivity index (χ4v) is 2.70. The number of hydrogen-bond donors (Lipinski definition) is 2. The Morgan fingerprint density at radius 2 is 2.04 bits per heavy atom. The van der Waals surface area contributed by atoms with Gasteiger partial charge in [0.25, 0.3) is 0 Å². The summed E-state index contributed by atoms with van der Waals surface area (Å²) in [6.07, 6.45) is 0. The van der Waals surface area contributed by atoms with E-state index in [0.717, 1.165) is 23.0 Å². The summed E-state index contributed by atoms with van der Waals surface area (Å²) in [5, 5.41) is 16.8. The third-order valence-corrected chi connectivity index (χ3v) is 4.05. The number of methoxy groups -OCH3 is 1. The zero-order valence-corrected chi connectivity index (χ0v) is 14.1. The molecular formula is C17H23F2N3O2. The van der Waals surface area contributed by atoms with Crippen LogP contribution >= 0.6 is 0 Å². The molecule has 1 atom stereocenters. The molecular weight excluding hydrogens is 316 g/mol. The number of aliphatic hydroxyl groups is 1. The highest BCUT2D eigenvalue weighted by molar-refractivity contribution is 5.26. The van der Waals surface area contributed by atoms with E-state index in [4.69, 9.17) is 9.84 Å². The summed E-state index contributed by atoms with van der Waals surface area (Å²) >= 11 is 0. The number of hydrogen-bond acceptors (Lipinski definition) is 4. The summed E-state index contributed by atoms with van der Waals surface area (Å²) in [5.41, 5.74) is 3.48. The fraction of sp³-hybridized carbons (Fsp3) is 0.471. The quantitative estimate of drug-likeness (QED) is 0.774. The maximum Gasteiger partial charge on any atom is 0.159 e. The van der Waals surface area contributed by atoms with Gasteiger partial charge in [0.2, 0.25) is 0 Å². The molecule has 0 spiro atoms. The van der Waals surface area contributed by atoms with E-state index in [1.54, 1.807) is 17.9 Å². The van der Waals surface area contributed by atoms with Gasteiger partial charge in [0.15, 0.2) is 11.6 Å². The molecule has 0 saturated heterocycles. The standard InChI is InChI=1S/C17H23F2N3O2/c1-11-14(12(2)22(21-11)6-7-23)9-20-17(10-24-3)13-4-5-15(18)16(19)8-13/h4-5,8,17,20,23H,6-7,9-10H2,1-3H3. The summed E-state index contributed by atoms with van der Waals surface area (Å²) in [5.74, 6) is -1.74. The van der Waals surface area contributed by atoms with Gasteiger partial charge in [0.1, 0.15) is 0 Å². The van der Waals surface area contributed by atoms with E-state index in [1.165, 1.54) is 6.07 Å². The predicted molar refractivity (Wildman–Crippen MR) is 86.6 cm³/mol. The van der Waals surface area contributed by atoms with E-state index in [-0.39, 0.29) is 12.6 Å². The van der Waals surface area contributed by atoms with Crippen molar-refractivity contribution in [3.05, 3.63) is 52.3 Å². The summed E-state index contributed by atoms with van der Waals surface area (Å²) in [7, 11) is 1.56. The van der Waals surface area contributed by atoms with Crippen LogP contribution in [0.5, 0.6) is 0 Å². The van der Waals surface area contributed by atoms with Crippen molar-refractivity contribution < 1.29 is 18.6 Å². The molecule has 0 saturated carbocycles. The maximum absolute atomic E-state index is 13.5. The van der Waals surface area contributed by atoms with Gasteiger partial charge in [-0.05, 0) is 31.5 Å². The van der Waals surface area contributed by atoms with Gasteiger partial charge in [-0.1, -0.05) is 6.07 Å². The SMILES string of the molecule is COCC(NCc1c(C)nn(CCO)c1C)c1ccc(F)c(F)c1. The Labute approximate surface area is 140 Å². The minimum absolute atomic E-state index is 0.0238. The number of ether oxygens (including phenoxy) is 1. The van der Waals surface area contributed by atoms with Crippen LogP contribution in [0, 0.1) is 25.5 Å². The molecule has 5 nitrogen and oxygen atoms in total. The number of halogens is 2. The van der Waals surface area contributed by atoms with Crippen LogP contribution in [0.2, 0.25) is 0 Å². The number of benzene rings is 1. The molecule has 2 rings (SSSR count). The Morgan fingerprint density at radius 3 is 2.67 bits per heavy atom. The first-order chi connectivity index (χ1) is 11.5. The van der Waals surface area contributed by atoms with E-state index < -0.39 is 11.6 Å². The highest BCUT2D eigenvalue weighted by Gasteiger charge is 2.16. The Balaban J connectivity index is 2.15. The molecule has 0 aliphatic heterocycles. The molecule has 0 radical (unpaired) electrons. The summed E-state index contributed by atoms with van der Waals surface area (Å²) < 4.78 is 33.5. The second-order valence-corrected chi connectivity index (χ2v) is 5.66. The van der Waals surface area contributed by atoms with Crippen molar-refractivity contribution >= 4 is 0 Å². The Kier molecular flexibility index (Phi) is 6.42. The first-order valence-electron chi connectivity index (χ1n) is 7.79. The van der Waals surface area contributed by atoms with Crippen LogP contribution in [-0.4, -0.2) is 35.2 Å². The Bertz CT molecular complexity index is 689. The van der Waals surface area contributed by atoms with Gasteiger partial charge in [-0.3, -0.25) is 4.68 Å². The predicted octanol–water partition coefficient (Wildman–Crippen LogP) is 2.25. The van der Waals surface area contributed by atoms with Crippen LogP contribution < -0.4 is 5.32 Å². The number of aliphatic hydroxyl groups excluding tert-OH is 1. The molecule has 1 unspecified atom stereocenters. The lowest BCUT2D eigenvalue weighted by atomic mass is 10.1. The number of rotatable bonds is 8. The second kappa shape index (κ2) is 8.32. The van der Waals surface area contributed by atoms with Gasteiger partial charge in [0.05, 0.1) is 31.5 Å². The summed E-state index contributed by atoms with van der Waals surface area (Å²) in [6.45, 7) is 5.15. The fourth-order valence-electron chi connectivity index (χ4n) is 2.70. The van der Waals surface area contributed by atoms with Crippen molar-refractivity contribution in [2.75, 3.05) is 20.3 Å². The van der Waals surface area contributed by atoms with E-state index in [1.807, 2.05) is 13.8 Å². The molecule has 1 heterocycles. The van der Waals surface area contributed by atoms with Gasteiger partial charge >= 0.3 is 0 Å². The van der Waals surface area contributed by atoms with Crippen molar-refractivity contribution in [3.63, 3.8) is 0 Å². The topological polar surface area (TPSA) is 59.3 Å². The molecule has 0 amide bonds. The zero-order valence-electron chi connectivity index (χ0n) is 14.1. The van der Waals surface area contributed by atoms with Crippen molar-refractivity contribution in [1.29, 1.82) is 0 Å². The Morgan fingerprint density at radius 1 is 1.29 bits per heavy atom. The van der Waals surface area contributed by atoms with E-state index in [0.29, 0.717) is 25.3 Å². The molecule has 132 valence electrons. The minimum atomic E-state index is -0.876. The van der Waals surface area contributed by atoms with E-state index in [9.17, 15) is 8.78 Å². The number of aromatic nitrogens is 2. The molecule has 0 fully saturated rings. The molecule has 2 aromatic rings. The minimum Gasteiger partial charge on any atom is -0.394 e. The first kappa shape index (κ1) is 18.5. The van der Waals surface area contributed by atoms with Gasteiger partial charge in [-0.15, -0.1) is 0 Å². The second-order valence-electron chi connectivity index (χ2n) is 5.66. The highest BCUT2D eigenvalue weighted by atomic mass is 19.2. The molecule has 2 N–H and O–H groups in total. The van der Waals surface area contributed by atoms with E-state index in [2.05, 4.69) is 10.4 Å². The molecule has 0 bridgehead atoms. The average Bonchev–Trinajstić information content (AvgIpc) is 2.81. The van der Waals surface area contributed by atoms with Crippen molar-refractivity contribution in [2.45, 2.75) is 33.0 Å². The maximum atomic E-state index is 13.5. The molecule has 1 aromatic heterocycles. The van der Waals surface area contributed by atoms with Crippen LogP contribution in [0.4, 0.5) is 8.78 Å². The zero-order chi connectivity index (χ0) is 17.7. The first-order valence-corrected chi connectivity index (χ1v) is 7.79. The smallest absolute Gasteiger partial charge is 0.159 e. The van der Waals surface area contributed by atoms with Crippen molar-refractivity contribution in [3.8, 4) is 0 Å². The van der Waals surface area contributed by atoms with Crippen LogP contribution in [0.25, 0.3) is 0 Å². The number of aryl methyl sites for hydroxylation is 1. The normalized spacial score (nSPS) is 12.6. The largest absolute Gasteiger partial charge is 0.394 e. The third kappa shape index (κ3) is 4.17. The Hall–Kier alpha value is -1.83. The molecule has 7 heteroatoms. The molecule has 0 aliphatic carbocycles.